The van der Waals surface area contributed by atoms with Crippen molar-refractivity contribution in [3.05, 3.63) is 36.0 Å². The number of para-hydroxylation sites is 2. The van der Waals surface area contributed by atoms with E-state index in [4.69, 9.17) is 11.6 Å². The summed E-state index contributed by atoms with van der Waals surface area (Å²) in [4.78, 5) is 33.2. The van der Waals surface area contributed by atoms with Gasteiger partial charge in [0.25, 0.3) is 0 Å². The molecule has 8 nitrogen and oxygen atoms in total. The molecule has 33 heavy (non-hydrogen) atoms. The third kappa shape index (κ3) is 6.70. The maximum atomic E-state index is 13.6. The minimum absolute atomic E-state index is 0.00422. The van der Waals surface area contributed by atoms with E-state index in [9.17, 15) is 22.8 Å². The number of halogens is 4. The van der Waals surface area contributed by atoms with E-state index in [0.29, 0.717) is 25.0 Å². The van der Waals surface area contributed by atoms with E-state index >= 15 is 0 Å². The van der Waals surface area contributed by atoms with Gasteiger partial charge in [-0.25, -0.2) is 4.98 Å². The number of carbonyl (C=O) groups is 2. The third-order valence-electron chi connectivity index (χ3n) is 5.07. The number of rotatable bonds is 7. The highest BCUT2D eigenvalue weighted by molar-refractivity contribution is 6.19. The van der Waals surface area contributed by atoms with Gasteiger partial charge in [-0.3, -0.25) is 9.59 Å². The molecule has 2 aromatic rings. The van der Waals surface area contributed by atoms with Gasteiger partial charge in [0.1, 0.15) is 11.4 Å². The third-order valence-corrected chi connectivity index (χ3v) is 5.26. The Bertz CT molecular complexity index is 1000. The molecule has 1 fully saturated rings. The van der Waals surface area contributed by atoms with Crippen LogP contribution in [0.4, 0.5) is 36.3 Å². The summed E-state index contributed by atoms with van der Waals surface area (Å²) in [5.41, 5.74) is -0.529. The van der Waals surface area contributed by atoms with E-state index in [-0.39, 0.29) is 41.8 Å². The van der Waals surface area contributed by atoms with Crippen molar-refractivity contribution in [1.82, 2.24) is 14.9 Å². The van der Waals surface area contributed by atoms with Gasteiger partial charge in [0, 0.05) is 44.6 Å². The van der Waals surface area contributed by atoms with Crippen molar-refractivity contribution >= 4 is 46.6 Å². The Hall–Kier alpha value is -3.08. The summed E-state index contributed by atoms with van der Waals surface area (Å²) in [5, 5.41) is 8.32. The summed E-state index contributed by atoms with van der Waals surface area (Å²) in [7, 11) is 0. The second-order valence-electron chi connectivity index (χ2n) is 7.56. The molecule has 3 N–H and O–H groups in total. The first-order chi connectivity index (χ1) is 15.7. The summed E-state index contributed by atoms with van der Waals surface area (Å²) in [6.45, 7) is 2.53. The minimum Gasteiger partial charge on any atom is -0.350 e. The van der Waals surface area contributed by atoms with Crippen LogP contribution in [0.3, 0.4) is 0 Å². The lowest BCUT2D eigenvalue weighted by molar-refractivity contribution is -0.137. The number of carbonyl (C=O) groups excluding carboxylic acids is 2. The number of hydrogen-bond donors (Lipinski definition) is 3. The number of amides is 2. The first-order valence-electron chi connectivity index (χ1n) is 10.4. The predicted octanol–water partition coefficient (Wildman–Crippen LogP) is 4.23. The highest BCUT2D eigenvalue weighted by Gasteiger charge is 2.36. The maximum absolute atomic E-state index is 13.6. The fraction of sp³-hybridized carbons (Fsp3) is 0.429. The molecule has 0 spiro atoms. The summed E-state index contributed by atoms with van der Waals surface area (Å²) in [6.07, 6.45) is -2.44. The molecule has 1 aliphatic rings. The first kappa shape index (κ1) is 24.6. The normalized spacial score (nSPS) is 16.3. The molecule has 1 atom stereocenters. The van der Waals surface area contributed by atoms with Crippen molar-refractivity contribution in [3.8, 4) is 0 Å². The Kier molecular flexibility index (Phi) is 7.96. The second kappa shape index (κ2) is 10.7. The lowest BCUT2D eigenvalue weighted by Crippen LogP contribution is -2.44. The molecule has 1 saturated heterocycles. The highest BCUT2D eigenvalue weighted by Crippen LogP contribution is 2.36. The van der Waals surface area contributed by atoms with Crippen molar-refractivity contribution < 1.29 is 22.8 Å². The van der Waals surface area contributed by atoms with E-state index in [1.807, 2.05) is 0 Å². The molecule has 0 radical (unpaired) electrons. The zero-order valence-corrected chi connectivity index (χ0v) is 18.6. The Morgan fingerprint density at radius 2 is 1.97 bits per heavy atom. The lowest BCUT2D eigenvalue weighted by atomic mass is 10.1. The SMILES string of the molecule is CC(=O)N1CCC[C@H](Nc2ncc(C(F)(F)F)c(Nc3ccccc3NC(=O)CCCl)n2)C1. The quantitative estimate of drug-likeness (QED) is 0.509. The molecule has 1 aromatic heterocycles. The largest absolute Gasteiger partial charge is 0.421 e. The predicted molar refractivity (Wildman–Crippen MR) is 120 cm³/mol. The lowest BCUT2D eigenvalue weighted by Gasteiger charge is -2.32. The van der Waals surface area contributed by atoms with Gasteiger partial charge in [0.15, 0.2) is 0 Å². The Labute approximate surface area is 193 Å². The Morgan fingerprint density at radius 1 is 1.24 bits per heavy atom. The number of likely N-dealkylation sites (tertiary alicyclic amines) is 1. The van der Waals surface area contributed by atoms with Gasteiger partial charge in [-0.1, -0.05) is 12.1 Å². The van der Waals surface area contributed by atoms with E-state index < -0.39 is 17.6 Å². The van der Waals surface area contributed by atoms with Crippen LogP contribution in [0.15, 0.2) is 30.5 Å². The van der Waals surface area contributed by atoms with Crippen molar-refractivity contribution in [3.63, 3.8) is 0 Å². The van der Waals surface area contributed by atoms with Crippen molar-refractivity contribution in [1.29, 1.82) is 0 Å². The van der Waals surface area contributed by atoms with Crippen molar-refractivity contribution in [2.24, 2.45) is 0 Å². The highest BCUT2D eigenvalue weighted by atomic mass is 35.5. The minimum atomic E-state index is -4.70. The van der Waals surface area contributed by atoms with Crippen LogP contribution >= 0.6 is 11.6 Å². The van der Waals surface area contributed by atoms with Crippen LogP contribution < -0.4 is 16.0 Å². The van der Waals surface area contributed by atoms with Gasteiger partial charge in [0.05, 0.1) is 11.4 Å². The molecular formula is C21H24ClF3N6O2. The van der Waals surface area contributed by atoms with E-state index in [2.05, 4.69) is 25.9 Å². The number of benzene rings is 1. The smallest absolute Gasteiger partial charge is 0.350 e. The maximum Gasteiger partial charge on any atom is 0.421 e. The van der Waals surface area contributed by atoms with Gasteiger partial charge in [0.2, 0.25) is 17.8 Å². The second-order valence-corrected chi connectivity index (χ2v) is 7.94. The van der Waals surface area contributed by atoms with Crippen LogP contribution in [0.2, 0.25) is 0 Å². The van der Waals surface area contributed by atoms with Gasteiger partial charge < -0.3 is 20.9 Å². The topological polar surface area (TPSA) is 99.3 Å². The molecule has 0 unspecified atom stereocenters. The Morgan fingerprint density at radius 3 is 2.64 bits per heavy atom. The van der Waals surface area contributed by atoms with Crippen LogP contribution in [0.25, 0.3) is 0 Å². The number of aromatic nitrogens is 2. The van der Waals surface area contributed by atoms with Crippen LogP contribution in [0, 0.1) is 0 Å². The summed E-state index contributed by atoms with van der Waals surface area (Å²) in [6, 6.07) is 6.15. The van der Waals surface area contributed by atoms with E-state index in [0.717, 1.165) is 12.8 Å². The number of piperidine rings is 1. The first-order valence-corrected chi connectivity index (χ1v) is 10.9. The fourth-order valence-corrected chi connectivity index (χ4v) is 3.62. The molecule has 12 heteroatoms. The molecule has 178 valence electrons. The number of hydrogen-bond acceptors (Lipinski definition) is 6. The van der Waals surface area contributed by atoms with Gasteiger partial charge in [-0.05, 0) is 25.0 Å². The van der Waals surface area contributed by atoms with Crippen LogP contribution in [-0.4, -0.2) is 51.7 Å². The number of nitrogens with one attached hydrogen (secondary N) is 3. The Balaban J connectivity index is 1.86. The zero-order chi connectivity index (χ0) is 24.0. The fourth-order valence-electron chi connectivity index (χ4n) is 3.44. The van der Waals surface area contributed by atoms with Gasteiger partial charge >= 0.3 is 6.18 Å². The monoisotopic (exact) mass is 484 g/mol. The van der Waals surface area contributed by atoms with Crippen LogP contribution in [0.5, 0.6) is 0 Å². The standard InChI is InChI=1S/C21H24ClF3N6O2/c1-13(32)31-10-4-5-14(12-31)27-20-26-11-15(21(23,24)25)19(30-20)29-17-7-3-2-6-16(17)28-18(33)8-9-22/h2-3,6-7,11,14H,4-5,8-10,12H2,1H3,(H,28,33)(H2,26,27,29,30)/t14-/m0/s1. The van der Waals surface area contributed by atoms with Crippen LogP contribution in [0.1, 0.15) is 31.7 Å². The number of anilines is 4. The molecule has 2 heterocycles. The van der Waals surface area contributed by atoms with E-state index in [1.165, 1.54) is 13.0 Å². The molecular weight excluding hydrogens is 461 g/mol. The molecule has 3 rings (SSSR count). The molecule has 0 bridgehead atoms. The van der Waals surface area contributed by atoms with Crippen molar-refractivity contribution in [2.45, 2.75) is 38.4 Å². The molecule has 1 aliphatic heterocycles. The average molecular weight is 485 g/mol. The van der Waals surface area contributed by atoms with Gasteiger partial charge in [-0.15, -0.1) is 11.6 Å². The van der Waals surface area contributed by atoms with Crippen LogP contribution in [-0.2, 0) is 15.8 Å². The van der Waals surface area contributed by atoms with E-state index in [1.54, 1.807) is 23.1 Å². The number of alkyl halides is 4. The van der Waals surface area contributed by atoms with Gasteiger partial charge in [-0.2, -0.15) is 18.2 Å². The molecule has 2 amide bonds. The summed E-state index contributed by atoms with van der Waals surface area (Å²) >= 11 is 5.58. The zero-order valence-electron chi connectivity index (χ0n) is 17.9. The molecule has 0 saturated carbocycles. The average Bonchev–Trinajstić information content (AvgIpc) is 2.75. The number of nitrogens with zero attached hydrogens (tertiary/aromatic N) is 3. The summed E-state index contributed by atoms with van der Waals surface area (Å²) in [5.74, 6) is -0.775. The molecule has 0 aliphatic carbocycles. The van der Waals surface area contributed by atoms with Crippen molar-refractivity contribution in [2.75, 3.05) is 34.9 Å². The summed E-state index contributed by atoms with van der Waals surface area (Å²) < 4.78 is 40.9. The molecule has 1 aromatic carbocycles.